The Morgan fingerprint density at radius 1 is 1.70 bits per heavy atom. The third-order valence-electron chi connectivity index (χ3n) is 3.52. The van der Waals surface area contributed by atoms with Crippen LogP contribution in [0.4, 0.5) is 0 Å². The van der Waals surface area contributed by atoms with Crippen molar-refractivity contribution in [2.24, 2.45) is 17.3 Å². The van der Waals surface area contributed by atoms with E-state index in [9.17, 15) is 0 Å². The van der Waals surface area contributed by atoms with Crippen LogP contribution in [0.25, 0.3) is 0 Å². The Balaban J connectivity index is 2.09. The van der Waals surface area contributed by atoms with Crippen LogP contribution < -0.4 is 5.32 Å². The van der Waals surface area contributed by atoms with Crippen molar-refractivity contribution < 1.29 is 5.11 Å². The lowest BCUT2D eigenvalue weighted by molar-refractivity contribution is 0.174. The molecule has 0 amide bonds. The molecule has 58 valence electrons. The number of aliphatic hydroxyl groups is 1. The second-order valence-corrected chi connectivity index (χ2v) is 3.75. The van der Waals surface area contributed by atoms with E-state index in [0.29, 0.717) is 6.61 Å². The number of fused-ring (bicyclic) bond motifs is 1. The second kappa shape index (κ2) is 1.95. The molecule has 0 aromatic heterocycles. The van der Waals surface area contributed by atoms with E-state index < -0.39 is 0 Å². The SMILES string of the molecule is CC1[C@H]2CCNC[C@@]12CO. The zero-order valence-corrected chi connectivity index (χ0v) is 6.43. The molecular weight excluding hydrogens is 126 g/mol. The fourth-order valence-electron chi connectivity index (χ4n) is 2.53. The molecule has 0 radical (unpaired) electrons. The van der Waals surface area contributed by atoms with Gasteiger partial charge in [-0.05, 0) is 24.8 Å². The molecule has 2 nitrogen and oxygen atoms in total. The third kappa shape index (κ3) is 0.611. The third-order valence-corrected chi connectivity index (χ3v) is 3.52. The van der Waals surface area contributed by atoms with E-state index in [0.717, 1.165) is 24.9 Å². The molecule has 2 rings (SSSR count). The number of piperidine rings is 1. The topological polar surface area (TPSA) is 32.3 Å². The molecule has 0 bridgehead atoms. The molecule has 0 spiro atoms. The van der Waals surface area contributed by atoms with E-state index in [1.807, 2.05) is 0 Å². The van der Waals surface area contributed by atoms with Gasteiger partial charge in [-0.1, -0.05) is 6.92 Å². The minimum Gasteiger partial charge on any atom is -0.396 e. The molecule has 2 N–H and O–H groups in total. The minimum atomic E-state index is 0.290. The van der Waals surface area contributed by atoms with Crippen molar-refractivity contribution in [3.63, 3.8) is 0 Å². The molecule has 2 fully saturated rings. The van der Waals surface area contributed by atoms with Crippen molar-refractivity contribution in [1.82, 2.24) is 5.32 Å². The van der Waals surface area contributed by atoms with Gasteiger partial charge in [0.25, 0.3) is 0 Å². The van der Waals surface area contributed by atoms with Crippen molar-refractivity contribution in [2.45, 2.75) is 13.3 Å². The highest BCUT2D eigenvalue weighted by molar-refractivity contribution is 5.11. The van der Waals surface area contributed by atoms with Gasteiger partial charge in [-0.25, -0.2) is 0 Å². The monoisotopic (exact) mass is 141 g/mol. The molecule has 0 aromatic rings. The number of aliphatic hydroxyl groups excluding tert-OH is 1. The molecular formula is C8H15NO. The Bertz CT molecular complexity index is 148. The summed E-state index contributed by atoms with van der Waals surface area (Å²) in [5.74, 6) is 1.58. The molecule has 1 heterocycles. The Morgan fingerprint density at radius 3 is 3.00 bits per heavy atom. The van der Waals surface area contributed by atoms with Crippen LogP contribution in [0.2, 0.25) is 0 Å². The summed E-state index contributed by atoms with van der Waals surface area (Å²) in [6.45, 7) is 4.83. The standard InChI is InChI=1S/C8H15NO/c1-6-7-2-3-9-4-8(6,7)5-10/h6-7,9-10H,2-5H2,1H3/t6?,7-,8-/m1/s1. The maximum Gasteiger partial charge on any atom is 0.0505 e. The van der Waals surface area contributed by atoms with Crippen molar-refractivity contribution >= 4 is 0 Å². The van der Waals surface area contributed by atoms with Gasteiger partial charge in [0.2, 0.25) is 0 Å². The molecule has 1 saturated heterocycles. The van der Waals surface area contributed by atoms with Gasteiger partial charge < -0.3 is 10.4 Å². The molecule has 1 unspecified atom stereocenters. The average Bonchev–Trinajstić information content (AvgIpc) is 2.60. The first-order valence-corrected chi connectivity index (χ1v) is 4.13. The predicted octanol–water partition coefficient (Wildman–Crippen LogP) is 0.224. The minimum absolute atomic E-state index is 0.290. The van der Waals surface area contributed by atoms with Crippen LogP contribution in [-0.4, -0.2) is 24.8 Å². The lowest BCUT2D eigenvalue weighted by Gasteiger charge is -2.20. The molecule has 2 aliphatic rings. The first kappa shape index (κ1) is 6.62. The van der Waals surface area contributed by atoms with Crippen LogP contribution >= 0.6 is 0 Å². The van der Waals surface area contributed by atoms with Gasteiger partial charge in [-0.2, -0.15) is 0 Å². The predicted molar refractivity (Wildman–Crippen MR) is 39.7 cm³/mol. The van der Waals surface area contributed by atoms with Gasteiger partial charge in [0.15, 0.2) is 0 Å². The van der Waals surface area contributed by atoms with Crippen LogP contribution in [0.3, 0.4) is 0 Å². The highest BCUT2D eigenvalue weighted by Crippen LogP contribution is 2.60. The summed E-state index contributed by atoms with van der Waals surface area (Å²) >= 11 is 0. The van der Waals surface area contributed by atoms with Gasteiger partial charge in [0, 0.05) is 12.0 Å². The maximum atomic E-state index is 9.12. The van der Waals surface area contributed by atoms with Crippen molar-refractivity contribution in [3.8, 4) is 0 Å². The molecule has 1 aliphatic heterocycles. The van der Waals surface area contributed by atoms with E-state index in [-0.39, 0.29) is 5.41 Å². The van der Waals surface area contributed by atoms with Crippen molar-refractivity contribution in [3.05, 3.63) is 0 Å². The molecule has 1 aliphatic carbocycles. The Hall–Kier alpha value is -0.0800. The Morgan fingerprint density at radius 2 is 2.50 bits per heavy atom. The molecule has 1 saturated carbocycles. The smallest absolute Gasteiger partial charge is 0.0505 e. The van der Waals surface area contributed by atoms with Gasteiger partial charge in [-0.15, -0.1) is 0 Å². The average molecular weight is 141 g/mol. The van der Waals surface area contributed by atoms with Gasteiger partial charge in [0.1, 0.15) is 0 Å². The summed E-state index contributed by atoms with van der Waals surface area (Å²) in [7, 11) is 0. The lowest BCUT2D eigenvalue weighted by atomic mass is 9.99. The van der Waals surface area contributed by atoms with E-state index in [4.69, 9.17) is 5.11 Å². The van der Waals surface area contributed by atoms with Crippen molar-refractivity contribution in [2.75, 3.05) is 19.7 Å². The molecule has 0 aromatic carbocycles. The van der Waals surface area contributed by atoms with E-state index in [2.05, 4.69) is 12.2 Å². The summed E-state index contributed by atoms with van der Waals surface area (Å²) in [6.07, 6.45) is 1.27. The van der Waals surface area contributed by atoms with Crippen LogP contribution in [0.15, 0.2) is 0 Å². The Labute approximate surface area is 61.6 Å². The fourth-order valence-corrected chi connectivity index (χ4v) is 2.53. The highest BCUT2D eigenvalue weighted by Gasteiger charge is 2.61. The maximum absolute atomic E-state index is 9.12. The normalized spacial score (nSPS) is 52.2. The number of rotatable bonds is 1. The van der Waals surface area contributed by atoms with Gasteiger partial charge in [0.05, 0.1) is 6.61 Å². The number of nitrogens with one attached hydrogen (secondary N) is 1. The van der Waals surface area contributed by atoms with Crippen LogP contribution in [0.1, 0.15) is 13.3 Å². The summed E-state index contributed by atoms with van der Waals surface area (Å²) in [4.78, 5) is 0. The summed E-state index contributed by atoms with van der Waals surface area (Å²) in [5, 5.41) is 12.5. The molecule has 2 heteroatoms. The Kier molecular flexibility index (Phi) is 1.29. The summed E-state index contributed by atoms with van der Waals surface area (Å²) in [6, 6.07) is 0. The van der Waals surface area contributed by atoms with Crippen LogP contribution in [-0.2, 0) is 0 Å². The van der Waals surface area contributed by atoms with E-state index >= 15 is 0 Å². The first-order chi connectivity index (χ1) is 4.81. The fraction of sp³-hybridized carbons (Fsp3) is 1.00. The van der Waals surface area contributed by atoms with Gasteiger partial charge >= 0.3 is 0 Å². The van der Waals surface area contributed by atoms with Crippen LogP contribution in [0, 0.1) is 17.3 Å². The number of hydrogen-bond acceptors (Lipinski definition) is 2. The largest absolute Gasteiger partial charge is 0.396 e. The van der Waals surface area contributed by atoms with Gasteiger partial charge in [-0.3, -0.25) is 0 Å². The zero-order valence-electron chi connectivity index (χ0n) is 6.43. The highest BCUT2D eigenvalue weighted by atomic mass is 16.3. The van der Waals surface area contributed by atoms with Crippen LogP contribution in [0.5, 0.6) is 0 Å². The van der Waals surface area contributed by atoms with E-state index in [1.54, 1.807) is 0 Å². The zero-order chi connectivity index (χ0) is 7.19. The summed E-state index contributed by atoms with van der Waals surface area (Å²) < 4.78 is 0. The second-order valence-electron chi connectivity index (χ2n) is 3.75. The molecule has 10 heavy (non-hydrogen) atoms. The molecule has 3 atom stereocenters. The quantitative estimate of drug-likeness (QED) is 0.547. The van der Waals surface area contributed by atoms with Crippen molar-refractivity contribution in [1.29, 1.82) is 0 Å². The first-order valence-electron chi connectivity index (χ1n) is 4.13. The van der Waals surface area contributed by atoms with E-state index in [1.165, 1.54) is 6.42 Å². The summed E-state index contributed by atoms with van der Waals surface area (Å²) in [5.41, 5.74) is 0.290. The lowest BCUT2D eigenvalue weighted by Crippen LogP contribution is -2.34. The number of hydrogen-bond donors (Lipinski definition) is 2.